The van der Waals surface area contributed by atoms with E-state index in [0.717, 1.165) is 18.9 Å². The first-order chi connectivity index (χ1) is 9.22. The van der Waals surface area contributed by atoms with E-state index in [9.17, 15) is 0 Å². The summed E-state index contributed by atoms with van der Waals surface area (Å²) >= 11 is 0. The van der Waals surface area contributed by atoms with Crippen molar-refractivity contribution >= 4 is 29.9 Å². The van der Waals surface area contributed by atoms with E-state index in [0.29, 0.717) is 0 Å². The highest BCUT2D eigenvalue weighted by Crippen LogP contribution is 2.20. The van der Waals surface area contributed by atoms with Gasteiger partial charge < -0.3 is 10.6 Å². The van der Waals surface area contributed by atoms with E-state index < -0.39 is 0 Å². The van der Waals surface area contributed by atoms with E-state index in [2.05, 4.69) is 80.6 Å². The van der Waals surface area contributed by atoms with Gasteiger partial charge in [0.25, 0.3) is 0 Å². The highest BCUT2D eigenvalue weighted by atomic mass is 127. The lowest BCUT2D eigenvalue weighted by molar-refractivity contribution is 0.356. The molecule has 0 amide bonds. The van der Waals surface area contributed by atoms with E-state index in [-0.39, 0.29) is 34.9 Å². The third-order valence-corrected chi connectivity index (χ3v) is 2.98. The molecule has 0 aliphatic carbocycles. The van der Waals surface area contributed by atoms with Crippen LogP contribution in [0.2, 0.25) is 0 Å². The number of nitrogens with one attached hydrogen (secondary N) is 2. The molecule has 0 aromatic heterocycles. The second-order valence-corrected chi connectivity index (χ2v) is 7.13. The zero-order valence-corrected chi connectivity index (χ0v) is 16.5. The van der Waals surface area contributed by atoms with Gasteiger partial charge >= 0.3 is 0 Å². The van der Waals surface area contributed by atoms with Crippen LogP contribution in [0.25, 0.3) is 0 Å². The first-order valence-corrected chi connectivity index (χ1v) is 7.25. The van der Waals surface area contributed by atoms with Crippen molar-refractivity contribution in [2.45, 2.75) is 46.6 Å². The van der Waals surface area contributed by atoms with Gasteiger partial charge in [-0.15, -0.1) is 24.0 Å². The number of aliphatic imine (C=N–C) groups is 1. The lowest BCUT2D eigenvalue weighted by Gasteiger charge is -2.29. The van der Waals surface area contributed by atoms with Crippen LogP contribution in [0.1, 0.15) is 40.2 Å². The Kier molecular flexibility index (Phi) is 8.29. The molecule has 4 heteroatoms. The standard InChI is InChI=1S/C17H29N3.HI/c1-16(2,3)20-15(18-6)19-13-17(4,5)12-14-10-8-7-9-11-14;/h7-11H,12-13H2,1-6H3,(H2,18,19,20);1H. The van der Waals surface area contributed by atoms with Crippen molar-refractivity contribution in [1.82, 2.24) is 10.6 Å². The first-order valence-electron chi connectivity index (χ1n) is 7.25. The van der Waals surface area contributed by atoms with Gasteiger partial charge in [-0.3, -0.25) is 4.99 Å². The number of hydrogen-bond acceptors (Lipinski definition) is 1. The molecule has 120 valence electrons. The molecule has 0 fully saturated rings. The predicted octanol–water partition coefficient (Wildman–Crippen LogP) is 3.84. The van der Waals surface area contributed by atoms with Gasteiger partial charge in [0.15, 0.2) is 5.96 Å². The number of benzene rings is 1. The summed E-state index contributed by atoms with van der Waals surface area (Å²) in [6, 6.07) is 10.6. The Balaban J connectivity index is 0.00000400. The molecule has 1 aromatic rings. The summed E-state index contributed by atoms with van der Waals surface area (Å²) in [4.78, 5) is 4.28. The molecule has 1 aromatic carbocycles. The number of halogens is 1. The van der Waals surface area contributed by atoms with Gasteiger partial charge in [0.1, 0.15) is 0 Å². The van der Waals surface area contributed by atoms with Crippen LogP contribution in [0.15, 0.2) is 35.3 Å². The number of hydrogen-bond donors (Lipinski definition) is 2. The van der Waals surface area contributed by atoms with E-state index in [1.54, 1.807) is 0 Å². The SMILES string of the molecule is CN=C(NCC(C)(C)Cc1ccccc1)NC(C)(C)C.I. The Bertz CT molecular complexity index is 433. The fraction of sp³-hybridized carbons (Fsp3) is 0.588. The van der Waals surface area contributed by atoms with E-state index >= 15 is 0 Å². The Morgan fingerprint density at radius 3 is 2.10 bits per heavy atom. The third kappa shape index (κ3) is 8.96. The molecule has 21 heavy (non-hydrogen) atoms. The molecule has 0 bridgehead atoms. The molecule has 0 spiro atoms. The quantitative estimate of drug-likeness (QED) is 0.455. The predicted molar refractivity (Wildman–Crippen MR) is 104 cm³/mol. The molecule has 3 nitrogen and oxygen atoms in total. The van der Waals surface area contributed by atoms with Gasteiger partial charge in [0.2, 0.25) is 0 Å². The van der Waals surface area contributed by atoms with Crippen molar-refractivity contribution in [1.29, 1.82) is 0 Å². The normalized spacial score (nSPS) is 12.6. The third-order valence-electron chi connectivity index (χ3n) is 2.98. The molecule has 0 saturated heterocycles. The molecule has 0 unspecified atom stereocenters. The van der Waals surface area contributed by atoms with Crippen LogP contribution in [0.3, 0.4) is 0 Å². The van der Waals surface area contributed by atoms with Crippen LogP contribution >= 0.6 is 24.0 Å². The van der Waals surface area contributed by atoms with Crippen molar-refractivity contribution in [2.24, 2.45) is 10.4 Å². The summed E-state index contributed by atoms with van der Waals surface area (Å²) < 4.78 is 0. The summed E-state index contributed by atoms with van der Waals surface area (Å²) in [5.74, 6) is 0.860. The number of guanidine groups is 1. The summed E-state index contributed by atoms with van der Waals surface area (Å²) in [6.07, 6.45) is 1.05. The van der Waals surface area contributed by atoms with Crippen molar-refractivity contribution < 1.29 is 0 Å². The van der Waals surface area contributed by atoms with E-state index in [1.165, 1.54) is 5.56 Å². The van der Waals surface area contributed by atoms with Gasteiger partial charge in [-0.05, 0) is 38.2 Å². The Hall–Kier alpha value is -0.780. The minimum Gasteiger partial charge on any atom is -0.356 e. The molecular weight excluding hydrogens is 373 g/mol. The Labute approximate surface area is 147 Å². The highest BCUT2D eigenvalue weighted by Gasteiger charge is 2.20. The van der Waals surface area contributed by atoms with Crippen LogP contribution in [0.4, 0.5) is 0 Å². The molecule has 0 saturated carbocycles. The first kappa shape index (κ1) is 20.2. The molecule has 2 N–H and O–H groups in total. The van der Waals surface area contributed by atoms with Crippen LogP contribution in [-0.2, 0) is 6.42 Å². The fourth-order valence-electron chi connectivity index (χ4n) is 2.07. The average Bonchev–Trinajstić information content (AvgIpc) is 2.34. The fourth-order valence-corrected chi connectivity index (χ4v) is 2.07. The topological polar surface area (TPSA) is 36.4 Å². The largest absolute Gasteiger partial charge is 0.356 e. The van der Waals surface area contributed by atoms with Gasteiger partial charge in [0.05, 0.1) is 0 Å². The average molecular weight is 403 g/mol. The second kappa shape index (κ2) is 8.61. The molecule has 0 heterocycles. The highest BCUT2D eigenvalue weighted by molar-refractivity contribution is 14.0. The van der Waals surface area contributed by atoms with Crippen LogP contribution in [0.5, 0.6) is 0 Å². The molecule has 0 atom stereocenters. The molecule has 0 radical (unpaired) electrons. The lowest BCUT2D eigenvalue weighted by Crippen LogP contribution is -2.49. The maximum absolute atomic E-state index is 4.28. The summed E-state index contributed by atoms with van der Waals surface area (Å²) in [5.41, 5.74) is 1.57. The second-order valence-electron chi connectivity index (χ2n) is 7.13. The zero-order valence-electron chi connectivity index (χ0n) is 14.2. The minimum absolute atomic E-state index is 0. The van der Waals surface area contributed by atoms with Gasteiger partial charge in [-0.1, -0.05) is 44.2 Å². The summed E-state index contributed by atoms with van der Waals surface area (Å²) in [7, 11) is 1.81. The summed E-state index contributed by atoms with van der Waals surface area (Å²) in [6.45, 7) is 11.8. The van der Waals surface area contributed by atoms with Crippen LogP contribution in [-0.4, -0.2) is 25.1 Å². The number of nitrogens with zero attached hydrogens (tertiary/aromatic N) is 1. The van der Waals surface area contributed by atoms with E-state index in [4.69, 9.17) is 0 Å². The maximum atomic E-state index is 4.28. The zero-order chi connectivity index (χ0) is 15.2. The van der Waals surface area contributed by atoms with Crippen molar-refractivity contribution in [3.63, 3.8) is 0 Å². The van der Waals surface area contributed by atoms with Crippen molar-refractivity contribution in [3.8, 4) is 0 Å². The molecule has 0 aliphatic rings. The summed E-state index contributed by atoms with van der Waals surface area (Å²) in [5, 5.41) is 6.81. The molecular formula is C17H30IN3. The monoisotopic (exact) mass is 403 g/mol. The Morgan fingerprint density at radius 2 is 1.62 bits per heavy atom. The lowest BCUT2D eigenvalue weighted by atomic mass is 9.86. The van der Waals surface area contributed by atoms with Crippen molar-refractivity contribution in [2.75, 3.05) is 13.6 Å². The minimum atomic E-state index is 0. The molecule has 0 aliphatic heterocycles. The van der Waals surface area contributed by atoms with Crippen LogP contribution < -0.4 is 10.6 Å². The maximum Gasteiger partial charge on any atom is 0.191 e. The number of rotatable bonds is 4. The van der Waals surface area contributed by atoms with Gasteiger partial charge in [-0.2, -0.15) is 0 Å². The van der Waals surface area contributed by atoms with Gasteiger partial charge in [-0.25, -0.2) is 0 Å². The van der Waals surface area contributed by atoms with Crippen molar-refractivity contribution in [3.05, 3.63) is 35.9 Å². The molecule has 1 rings (SSSR count). The van der Waals surface area contributed by atoms with Crippen LogP contribution in [0, 0.1) is 5.41 Å². The Morgan fingerprint density at radius 1 is 1.05 bits per heavy atom. The van der Waals surface area contributed by atoms with Gasteiger partial charge in [0, 0.05) is 19.1 Å². The smallest absolute Gasteiger partial charge is 0.191 e. The van der Waals surface area contributed by atoms with E-state index in [1.807, 2.05) is 7.05 Å².